The SMILES string of the molecule is CNCc1[nH]cnc1N. The Morgan fingerprint density at radius 1 is 1.89 bits per heavy atom. The molecule has 9 heavy (non-hydrogen) atoms. The number of imidazole rings is 1. The second-order valence-electron chi connectivity index (χ2n) is 1.80. The van der Waals surface area contributed by atoms with E-state index in [1.54, 1.807) is 6.33 Å². The van der Waals surface area contributed by atoms with E-state index in [1.165, 1.54) is 0 Å². The monoisotopic (exact) mass is 126 g/mol. The smallest absolute Gasteiger partial charge is 0.146 e. The van der Waals surface area contributed by atoms with Crippen molar-refractivity contribution in [3.05, 3.63) is 12.0 Å². The van der Waals surface area contributed by atoms with Gasteiger partial charge in [0, 0.05) is 6.54 Å². The zero-order chi connectivity index (χ0) is 6.69. The number of nitrogen functional groups attached to an aromatic ring is 1. The molecule has 4 heteroatoms. The standard InChI is InChI=1S/C5H10N4/c1-7-2-4-5(6)9-3-8-4/h3,7H,2,6H2,1H3,(H,8,9). The number of nitrogens with zero attached hydrogens (tertiary/aromatic N) is 1. The van der Waals surface area contributed by atoms with Crippen LogP contribution in [-0.2, 0) is 6.54 Å². The summed E-state index contributed by atoms with van der Waals surface area (Å²) in [7, 11) is 1.86. The first-order valence-electron chi connectivity index (χ1n) is 2.77. The highest BCUT2D eigenvalue weighted by atomic mass is 15.0. The van der Waals surface area contributed by atoms with Gasteiger partial charge < -0.3 is 16.0 Å². The van der Waals surface area contributed by atoms with Gasteiger partial charge in [0.25, 0.3) is 0 Å². The summed E-state index contributed by atoms with van der Waals surface area (Å²) in [6.07, 6.45) is 1.59. The molecule has 0 bridgehead atoms. The third kappa shape index (κ3) is 1.20. The molecule has 1 aromatic heterocycles. The molecule has 0 unspecified atom stereocenters. The molecule has 0 radical (unpaired) electrons. The fraction of sp³-hybridized carbons (Fsp3) is 0.400. The van der Waals surface area contributed by atoms with Crippen molar-refractivity contribution in [2.24, 2.45) is 0 Å². The minimum Gasteiger partial charge on any atom is -0.382 e. The van der Waals surface area contributed by atoms with Gasteiger partial charge in [0.15, 0.2) is 0 Å². The summed E-state index contributed by atoms with van der Waals surface area (Å²) in [5, 5.41) is 2.96. The van der Waals surface area contributed by atoms with Crippen LogP contribution < -0.4 is 11.1 Å². The van der Waals surface area contributed by atoms with Crippen LogP contribution in [0, 0.1) is 0 Å². The van der Waals surface area contributed by atoms with Crippen molar-refractivity contribution in [1.82, 2.24) is 15.3 Å². The highest BCUT2D eigenvalue weighted by Crippen LogP contribution is 2.01. The number of nitrogens with one attached hydrogen (secondary N) is 2. The molecule has 0 aliphatic carbocycles. The number of nitrogens with two attached hydrogens (primary N) is 1. The molecular formula is C5H10N4. The van der Waals surface area contributed by atoms with Crippen LogP contribution >= 0.6 is 0 Å². The predicted octanol–water partition coefficient (Wildman–Crippen LogP) is -0.289. The van der Waals surface area contributed by atoms with Crippen LogP contribution in [0.4, 0.5) is 5.82 Å². The van der Waals surface area contributed by atoms with Crippen LogP contribution in [0.3, 0.4) is 0 Å². The maximum Gasteiger partial charge on any atom is 0.146 e. The molecular weight excluding hydrogens is 116 g/mol. The average molecular weight is 126 g/mol. The molecule has 0 fully saturated rings. The second-order valence-corrected chi connectivity index (χ2v) is 1.80. The summed E-state index contributed by atoms with van der Waals surface area (Å²) in [6, 6.07) is 0. The van der Waals surface area contributed by atoms with Crippen molar-refractivity contribution >= 4 is 5.82 Å². The molecule has 0 aromatic carbocycles. The molecule has 0 aliphatic rings. The molecule has 50 valence electrons. The Morgan fingerprint density at radius 2 is 2.67 bits per heavy atom. The molecule has 1 aromatic rings. The van der Waals surface area contributed by atoms with E-state index in [0.717, 1.165) is 12.2 Å². The van der Waals surface area contributed by atoms with Crippen LogP contribution in [0.2, 0.25) is 0 Å². The summed E-state index contributed by atoms with van der Waals surface area (Å²) in [5.74, 6) is 0.573. The van der Waals surface area contributed by atoms with E-state index in [1.807, 2.05) is 7.05 Å². The van der Waals surface area contributed by atoms with Gasteiger partial charge in [0.1, 0.15) is 5.82 Å². The van der Waals surface area contributed by atoms with E-state index < -0.39 is 0 Å². The highest BCUT2D eigenvalue weighted by Gasteiger charge is 1.96. The fourth-order valence-corrected chi connectivity index (χ4v) is 0.650. The zero-order valence-electron chi connectivity index (χ0n) is 5.31. The summed E-state index contributed by atoms with van der Waals surface area (Å²) in [6.45, 7) is 0.742. The van der Waals surface area contributed by atoms with Gasteiger partial charge >= 0.3 is 0 Å². The maximum atomic E-state index is 5.44. The molecule has 0 amide bonds. The summed E-state index contributed by atoms with van der Waals surface area (Å²) < 4.78 is 0. The Hall–Kier alpha value is -1.03. The van der Waals surface area contributed by atoms with Gasteiger partial charge in [-0.3, -0.25) is 0 Å². The quantitative estimate of drug-likeness (QED) is 0.510. The lowest BCUT2D eigenvalue weighted by Gasteiger charge is -1.93. The summed E-state index contributed by atoms with van der Waals surface area (Å²) in [4.78, 5) is 6.73. The Bertz CT molecular complexity index is 181. The van der Waals surface area contributed by atoms with Gasteiger partial charge in [-0.2, -0.15) is 0 Å². The second kappa shape index (κ2) is 2.50. The molecule has 0 aliphatic heterocycles. The van der Waals surface area contributed by atoms with Crippen molar-refractivity contribution in [2.75, 3.05) is 12.8 Å². The van der Waals surface area contributed by atoms with Crippen LogP contribution in [0.1, 0.15) is 5.69 Å². The molecule has 0 spiro atoms. The largest absolute Gasteiger partial charge is 0.382 e. The van der Waals surface area contributed by atoms with Crippen LogP contribution in [0.5, 0.6) is 0 Å². The van der Waals surface area contributed by atoms with E-state index in [4.69, 9.17) is 5.73 Å². The van der Waals surface area contributed by atoms with E-state index in [9.17, 15) is 0 Å². The minimum absolute atomic E-state index is 0.573. The number of hydrogen-bond acceptors (Lipinski definition) is 3. The lowest BCUT2D eigenvalue weighted by atomic mass is 10.4. The first-order chi connectivity index (χ1) is 4.34. The molecule has 1 rings (SSSR count). The molecule has 0 saturated heterocycles. The molecule has 0 saturated carbocycles. The lowest BCUT2D eigenvalue weighted by Crippen LogP contribution is -2.07. The summed E-state index contributed by atoms with van der Waals surface area (Å²) >= 11 is 0. The molecule has 4 N–H and O–H groups in total. The molecule has 4 nitrogen and oxygen atoms in total. The Kier molecular flexibility index (Phi) is 1.69. The van der Waals surface area contributed by atoms with Gasteiger partial charge in [-0.1, -0.05) is 0 Å². The Labute approximate surface area is 53.5 Å². The van der Waals surface area contributed by atoms with Crippen molar-refractivity contribution in [1.29, 1.82) is 0 Å². The van der Waals surface area contributed by atoms with Crippen LogP contribution in [-0.4, -0.2) is 17.0 Å². The van der Waals surface area contributed by atoms with Crippen molar-refractivity contribution in [2.45, 2.75) is 6.54 Å². The van der Waals surface area contributed by atoms with Crippen LogP contribution in [0.25, 0.3) is 0 Å². The normalized spacial score (nSPS) is 9.89. The van der Waals surface area contributed by atoms with Gasteiger partial charge in [0.2, 0.25) is 0 Å². The van der Waals surface area contributed by atoms with Gasteiger partial charge in [0.05, 0.1) is 12.0 Å². The highest BCUT2D eigenvalue weighted by molar-refractivity contribution is 5.33. The van der Waals surface area contributed by atoms with E-state index in [0.29, 0.717) is 5.82 Å². The third-order valence-corrected chi connectivity index (χ3v) is 1.11. The third-order valence-electron chi connectivity index (χ3n) is 1.11. The Morgan fingerprint density at radius 3 is 3.11 bits per heavy atom. The van der Waals surface area contributed by atoms with E-state index in [-0.39, 0.29) is 0 Å². The average Bonchev–Trinajstić information content (AvgIpc) is 2.18. The Balaban J connectivity index is 2.69. The summed E-state index contributed by atoms with van der Waals surface area (Å²) in [5.41, 5.74) is 6.39. The lowest BCUT2D eigenvalue weighted by molar-refractivity contribution is 0.799. The number of hydrogen-bond donors (Lipinski definition) is 3. The van der Waals surface area contributed by atoms with Gasteiger partial charge in [-0.25, -0.2) is 4.98 Å². The number of aromatic nitrogens is 2. The number of H-pyrrole nitrogens is 1. The molecule has 0 atom stereocenters. The molecule has 1 heterocycles. The van der Waals surface area contributed by atoms with Gasteiger partial charge in [-0.05, 0) is 7.05 Å². The fourth-order valence-electron chi connectivity index (χ4n) is 0.650. The maximum absolute atomic E-state index is 5.44. The first-order valence-corrected chi connectivity index (χ1v) is 2.77. The first kappa shape index (κ1) is 6.10. The zero-order valence-corrected chi connectivity index (χ0v) is 5.31. The van der Waals surface area contributed by atoms with Crippen molar-refractivity contribution in [3.63, 3.8) is 0 Å². The predicted molar refractivity (Wildman–Crippen MR) is 35.8 cm³/mol. The van der Waals surface area contributed by atoms with Crippen molar-refractivity contribution < 1.29 is 0 Å². The van der Waals surface area contributed by atoms with Crippen molar-refractivity contribution in [3.8, 4) is 0 Å². The van der Waals surface area contributed by atoms with Crippen LogP contribution in [0.15, 0.2) is 6.33 Å². The number of aromatic amines is 1. The minimum atomic E-state index is 0.573. The van der Waals surface area contributed by atoms with Gasteiger partial charge in [-0.15, -0.1) is 0 Å². The topological polar surface area (TPSA) is 66.7 Å². The number of rotatable bonds is 2. The van der Waals surface area contributed by atoms with E-state index in [2.05, 4.69) is 15.3 Å². The van der Waals surface area contributed by atoms with E-state index >= 15 is 0 Å². The number of anilines is 1.